The van der Waals surface area contributed by atoms with Crippen molar-refractivity contribution < 1.29 is 13.2 Å². The van der Waals surface area contributed by atoms with Gasteiger partial charge in [-0.15, -0.1) is 0 Å². The third-order valence-electron chi connectivity index (χ3n) is 4.61. The topological polar surface area (TPSA) is 71.8 Å². The van der Waals surface area contributed by atoms with Crippen molar-refractivity contribution in [3.63, 3.8) is 0 Å². The number of imidazole rings is 1. The first-order valence-electron chi connectivity index (χ1n) is 9.54. The molecule has 0 saturated heterocycles. The Bertz CT molecular complexity index is 1300. The number of halogens is 3. The van der Waals surface area contributed by atoms with Crippen molar-refractivity contribution in [3.05, 3.63) is 60.4 Å². The second-order valence-corrected chi connectivity index (χ2v) is 8.50. The lowest BCUT2D eigenvalue weighted by Gasteiger charge is -2.17. The zero-order chi connectivity index (χ0) is 22.4. The van der Waals surface area contributed by atoms with Gasteiger partial charge in [0.05, 0.1) is 11.9 Å². The van der Waals surface area contributed by atoms with Crippen molar-refractivity contribution in [1.29, 1.82) is 5.26 Å². The molecule has 6 nitrogen and oxygen atoms in total. The summed E-state index contributed by atoms with van der Waals surface area (Å²) in [5, 5.41) is 13.7. The SMILES string of the molecule is CC(C)(C)Cn1cc(-c2ccc(C#N)nc2-c2ccn3cc(C(F)(F)F)nc3c2)cn1. The van der Waals surface area contributed by atoms with Crippen LogP contribution in [0.3, 0.4) is 0 Å². The highest BCUT2D eigenvalue weighted by Crippen LogP contribution is 2.33. The number of nitriles is 1. The van der Waals surface area contributed by atoms with Gasteiger partial charge in [-0.3, -0.25) is 4.68 Å². The number of aromatic nitrogens is 5. The summed E-state index contributed by atoms with van der Waals surface area (Å²) in [6.07, 6.45) is 1.52. The number of hydrogen-bond donors (Lipinski definition) is 0. The highest BCUT2D eigenvalue weighted by Gasteiger charge is 2.34. The van der Waals surface area contributed by atoms with Gasteiger partial charge in [0.2, 0.25) is 0 Å². The first kappa shape index (κ1) is 20.6. The van der Waals surface area contributed by atoms with Crippen molar-refractivity contribution in [2.45, 2.75) is 33.5 Å². The van der Waals surface area contributed by atoms with Gasteiger partial charge in [-0.1, -0.05) is 20.8 Å². The summed E-state index contributed by atoms with van der Waals surface area (Å²) in [5.41, 5.74) is 1.99. The van der Waals surface area contributed by atoms with Crippen LogP contribution < -0.4 is 0 Å². The number of fused-ring (bicyclic) bond motifs is 1. The minimum absolute atomic E-state index is 0.0386. The molecule has 0 aliphatic heterocycles. The normalized spacial score (nSPS) is 12.3. The molecule has 4 heterocycles. The van der Waals surface area contributed by atoms with Gasteiger partial charge in [-0.25, -0.2) is 9.97 Å². The van der Waals surface area contributed by atoms with Gasteiger partial charge >= 0.3 is 6.18 Å². The predicted molar refractivity (Wildman–Crippen MR) is 109 cm³/mol. The van der Waals surface area contributed by atoms with Gasteiger partial charge in [0.25, 0.3) is 0 Å². The minimum atomic E-state index is -4.53. The van der Waals surface area contributed by atoms with Crippen LogP contribution in [0.15, 0.2) is 49.1 Å². The van der Waals surface area contributed by atoms with Crippen molar-refractivity contribution in [2.24, 2.45) is 5.41 Å². The molecule has 0 unspecified atom stereocenters. The molecule has 4 aromatic rings. The van der Waals surface area contributed by atoms with E-state index in [1.54, 1.807) is 24.4 Å². The first-order valence-corrected chi connectivity index (χ1v) is 9.54. The van der Waals surface area contributed by atoms with Crippen LogP contribution in [0.5, 0.6) is 0 Å². The maximum atomic E-state index is 13.0. The van der Waals surface area contributed by atoms with Crippen LogP contribution in [0.1, 0.15) is 32.2 Å². The highest BCUT2D eigenvalue weighted by atomic mass is 19.4. The Hall–Kier alpha value is -3.67. The van der Waals surface area contributed by atoms with Gasteiger partial charge in [-0.2, -0.15) is 23.5 Å². The number of rotatable bonds is 3. The second kappa shape index (κ2) is 7.23. The third kappa shape index (κ3) is 4.28. The fourth-order valence-electron chi connectivity index (χ4n) is 3.32. The molecule has 0 aliphatic rings. The lowest BCUT2D eigenvalue weighted by molar-refractivity contribution is -0.140. The van der Waals surface area contributed by atoms with Crippen molar-refractivity contribution in [2.75, 3.05) is 0 Å². The molecule has 9 heteroatoms. The fourth-order valence-corrected chi connectivity index (χ4v) is 3.32. The Morgan fingerprint density at radius 2 is 1.81 bits per heavy atom. The monoisotopic (exact) mass is 424 g/mol. The molecule has 0 fully saturated rings. The molecule has 31 heavy (non-hydrogen) atoms. The van der Waals surface area contributed by atoms with Gasteiger partial charge in [-0.05, 0) is 29.7 Å². The third-order valence-corrected chi connectivity index (χ3v) is 4.61. The van der Waals surface area contributed by atoms with E-state index in [-0.39, 0.29) is 16.8 Å². The molecular formula is C22H19F3N6. The number of pyridine rings is 2. The van der Waals surface area contributed by atoms with Gasteiger partial charge in [0.1, 0.15) is 17.4 Å². The molecule has 0 atom stereocenters. The Labute approximate surface area is 176 Å². The minimum Gasteiger partial charge on any atom is -0.306 e. The van der Waals surface area contributed by atoms with Gasteiger partial charge in [0.15, 0.2) is 5.69 Å². The summed E-state index contributed by atoms with van der Waals surface area (Å²) in [6, 6.07) is 8.58. The Morgan fingerprint density at radius 3 is 2.48 bits per heavy atom. The van der Waals surface area contributed by atoms with Crippen LogP contribution in [-0.2, 0) is 12.7 Å². The van der Waals surface area contributed by atoms with Crippen LogP contribution in [0.2, 0.25) is 0 Å². The molecule has 0 radical (unpaired) electrons. The van der Waals surface area contributed by atoms with Crippen LogP contribution in [0.4, 0.5) is 13.2 Å². The largest absolute Gasteiger partial charge is 0.434 e. The average molecular weight is 424 g/mol. The fraction of sp³-hybridized carbons (Fsp3) is 0.273. The Morgan fingerprint density at radius 1 is 1.03 bits per heavy atom. The maximum absolute atomic E-state index is 13.0. The molecule has 4 aromatic heterocycles. The van der Waals surface area contributed by atoms with E-state index >= 15 is 0 Å². The van der Waals surface area contributed by atoms with E-state index in [1.807, 2.05) is 16.9 Å². The van der Waals surface area contributed by atoms with E-state index in [9.17, 15) is 18.4 Å². The van der Waals surface area contributed by atoms with E-state index in [1.165, 1.54) is 16.7 Å². The molecule has 158 valence electrons. The molecule has 0 N–H and O–H groups in total. The molecule has 0 bridgehead atoms. The van der Waals surface area contributed by atoms with Crippen LogP contribution in [-0.4, -0.2) is 24.1 Å². The maximum Gasteiger partial charge on any atom is 0.434 e. The van der Waals surface area contributed by atoms with Crippen LogP contribution in [0, 0.1) is 16.7 Å². The van der Waals surface area contributed by atoms with E-state index in [0.29, 0.717) is 17.8 Å². The van der Waals surface area contributed by atoms with Crippen molar-refractivity contribution in [3.8, 4) is 28.5 Å². The number of alkyl halides is 3. The van der Waals surface area contributed by atoms with Crippen molar-refractivity contribution in [1.82, 2.24) is 24.1 Å². The smallest absolute Gasteiger partial charge is 0.306 e. The predicted octanol–water partition coefficient (Wildman–Crippen LogP) is 5.20. The summed E-state index contributed by atoms with van der Waals surface area (Å²) in [6.45, 7) is 7.04. The zero-order valence-electron chi connectivity index (χ0n) is 17.1. The summed E-state index contributed by atoms with van der Waals surface area (Å²) in [4.78, 5) is 8.11. The number of nitrogens with zero attached hydrogens (tertiary/aromatic N) is 6. The number of hydrogen-bond acceptors (Lipinski definition) is 4. The molecular weight excluding hydrogens is 405 g/mol. The lowest BCUT2D eigenvalue weighted by Crippen LogP contribution is -2.15. The van der Waals surface area contributed by atoms with E-state index < -0.39 is 11.9 Å². The summed E-state index contributed by atoms with van der Waals surface area (Å²) in [7, 11) is 0. The first-order chi connectivity index (χ1) is 14.5. The molecule has 0 spiro atoms. The highest BCUT2D eigenvalue weighted by molar-refractivity contribution is 5.81. The van der Waals surface area contributed by atoms with Gasteiger partial charge in [0, 0.05) is 41.8 Å². The van der Waals surface area contributed by atoms with E-state index in [0.717, 1.165) is 17.3 Å². The Balaban J connectivity index is 1.82. The quantitative estimate of drug-likeness (QED) is 0.453. The van der Waals surface area contributed by atoms with Crippen molar-refractivity contribution >= 4 is 5.65 Å². The molecule has 0 aromatic carbocycles. The van der Waals surface area contributed by atoms with Crippen LogP contribution >= 0.6 is 0 Å². The summed E-state index contributed by atoms with van der Waals surface area (Å²) in [5.74, 6) is 0. The van der Waals surface area contributed by atoms with E-state index in [2.05, 4.69) is 35.8 Å². The molecule has 0 amide bonds. The second-order valence-electron chi connectivity index (χ2n) is 8.50. The standard InChI is InChI=1S/C22H19F3N6/c1-21(2,3)13-31-11-15(10-27-31)17-5-4-16(9-26)28-20(17)14-6-7-30-12-18(22(23,24)25)29-19(30)8-14/h4-8,10-12H,13H2,1-3H3. The van der Waals surface area contributed by atoms with Crippen LogP contribution in [0.25, 0.3) is 28.0 Å². The lowest BCUT2D eigenvalue weighted by atomic mass is 9.97. The molecule has 0 aliphatic carbocycles. The summed E-state index contributed by atoms with van der Waals surface area (Å²) < 4.78 is 42.2. The Kier molecular flexibility index (Phi) is 4.81. The zero-order valence-corrected chi connectivity index (χ0v) is 17.1. The average Bonchev–Trinajstić information content (AvgIpc) is 3.32. The van der Waals surface area contributed by atoms with E-state index in [4.69, 9.17) is 0 Å². The summed E-state index contributed by atoms with van der Waals surface area (Å²) >= 11 is 0. The molecule has 0 saturated carbocycles. The van der Waals surface area contributed by atoms with Gasteiger partial charge < -0.3 is 4.40 Å². The molecule has 4 rings (SSSR count).